The van der Waals surface area contributed by atoms with E-state index in [1.54, 1.807) is 14.2 Å². The zero-order chi connectivity index (χ0) is 15.6. The smallest absolute Gasteiger partial charge is 0.229 e. The number of fused-ring (bicyclic) bond motifs is 1. The van der Waals surface area contributed by atoms with Crippen molar-refractivity contribution in [3.8, 4) is 11.5 Å². The summed E-state index contributed by atoms with van der Waals surface area (Å²) in [5, 5.41) is 0. The second-order valence-corrected chi connectivity index (χ2v) is 6.04. The van der Waals surface area contributed by atoms with Gasteiger partial charge in [0.1, 0.15) is 0 Å². The summed E-state index contributed by atoms with van der Waals surface area (Å²) < 4.78 is 10.7. The van der Waals surface area contributed by atoms with Crippen LogP contribution in [0.15, 0.2) is 12.1 Å². The van der Waals surface area contributed by atoms with Crippen LogP contribution in [0.3, 0.4) is 0 Å². The third-order valence-corrected chi connectivity index (χ3v) is 4.09. The second kappa shape index (κ2) is 7.20. The summed E-state index contributed by atoms with van der Waals surface area (Å²) in [5.74, 6) is 1.53. The number of amides is 1. The lowest BCUT2D eigenvalue weighted by Crippen LogP contribution is -2.46. The average molecular weight is 329 g/mol. The zero-order valence-electron chi connectivity index (χ0n) is 13.6. The van der Waals surface area contributed by atoms with E-state index < -0.39 is 5.41 Å². The van der Waals surface area contributed by atoms with Crippen molar-refractivity contribution in [2.45, 2.75) is 26.8 Å². The number of methoxy groups -OCH3 is 2. The van der Waals surface area contributed by atoms with E-state index in [0.717, 1.165) is 17.7 Å². The Morgan fingerprint density at radius 2 is 1.77 bits per heavy atom. The molecule has 0 aromatic heterocycles. The molecule has 124 valence electrons. The maximum atomic E-state index is 12.5. The number of nitrogens with two attached hydrogens (primary N) is 1. The van der Waals surface area contributed by atoms with Crippen LogP contribution in [-0.4, -0.2) is 38.1 Å². The van der Waals surface area contributed by atoms with Gasteiger partial charge >= 0.3 is 0 Å². The molecule has 1 amide bonds. The molecular formula is C16H25ClN2O3. The summed E-state index contributed by atoms with van der Waals surface area (Å²) in [7, 11) is 3.25. The monoisotopic (exact) mass is 328 g/mol. The Kier molecular flexibility index (Phi) is 6.08. The van der Waals surface area contributed by atoms with Crippen LogP contribution in [0.1, 0.15) is 25.0 Å². The molecule has 1 aliphatic heterocycles. The minimum Gasteiger partial charge on any atom is -0.493 e. The molecule has 1 aromatic carbocycles. The van der Waals surface area contributed by atoms with E-state index in [-0.39, 0.29) is 18.3 Å². The van der Waals surface area contributed by atoms with Gasteiger partial charge in [-0.3, -0.25) is 4.79 Å². The van der Waals surface area contributed by atoms with Crippen LogP contribution in [0, 0.1) is 5.41 Å². The molecule has 0 radical (unpaired) electrons. The first kappa shape index (κ1) is 18.6. The van der Waals surface area contributed by atoms with Gasteiger partial charge in [-0.25, -0.2) is 0 Å². The van der Waals surface area contributed by atoms with E-state index in [0.29, 0.717) is 25.4 Å². The number of rotatable bonds is 4. The van der Waals surface area contributed by atoms with Crippen molar-refractivity contribution < 1.29 is 14.3 Å². The first-order valence-electron chi connectivity index (χ1n) is 7.16. The molecule has 1 aromatic rings. The molecule has 6 heteroatoms. The highest BCUT2D eigenvalue weighted by atomic mass is 35.5. The normalized spacial score (nSPS) is 14.0. The molecule has 0 saturated heterocycles. The highest BCUT2D eigenvalue weighted by Gasteiger charge is 2.32. The molecule has 1 aliphatic rings. The first-order chi connectivity index (χ1) is 9.92. The summed E-state index contributed by atoms with van der Waals surface area (Å²) in [6.07, 6.45) is 0.822. The SMILES string of the molecule is COc1cc2c(cc1OC)CN(C(=O)C(C)(C)CN)CC2.Cl. The standard InChI is InChI=1S/C16H24N2O3.ClH/c1-16(2,10-17)15(19)18-6-5-11-7-13(20-3)14(21-4)8-12(11)9-18;/h7-8H,5-6,9-10,17H2,1-4H3;1H. The molecular weight excluding hydrogens is 304 g/mol. The van der Waals surface area contributed by atoms with Crippen molar-refractivity contribution in [1.82, 2.24) is 4.90 Å². The third kappa shape index (κ3) is 3.47. The number of carbonyl (C=O) groups is 1. The number of ether oxygens (including phenoxy) is 2. The van der Waals surface area contributed by atoms with Crippen LogP contribution in [0.4, 0.5) is 0 Å². The molecule has 0 fully saturated rings. The summed E-state index contributed by atoms with van der Waals surface area (Å²) in [6.45, 7) is 5.43. The maximum absolute atomic E-state index is 12.5. The fourth-order valence-electron chi connectivity index (χ4n) is 2.57. The van der Waals surface area contributed by atoms with Crippen molar-refractivity contribution in [2.75, 3.05) is 27.3 Å². The van der Waals surface area contributed by atoms with Crippen LogP contribution in [-0.2, 0) is 17.8 Å². The third-order valence-electron chi connectivity index (χ3n) is 4.09. The second-order valence-electron chi connectivity index (χ2n) is 6.04. The number of halogens is 1. The number of hydrogen-bond acceptors (Lipinski definition) is 4. The van der Waals surface area contributed by atoms with Gasteiger partial charge in [0.25, 0.3) is 0 Å². The van der Waals surface area contributed by atoms with E-state index in [1.807, 2.05) is 30.9 Å². The van der Waals surface area contributed by atoms with Gasteiger partial charge in [-0.05, 0) is 43.5 Å². The number of hydrogen-bond donors (Lipinski definition) is 1. The van der Waals surface area contributed by atoms with Gasteiger partial charge in [-0.15, -0.1) is 12.4 Å². The zero-order valence-corrected chi connectivity index (χ0v) is 14.5. The van der Waals surface area contributed by atoms with Gasteiger partial charge in [-0.1, -0.05) is 0 Å². The molecule has 22 heavy (non-hydrogen) atoms. The number of benzene rings is 1. The van der Waals surface area contributed by atoms with E-state index in [4.69, 9.17) is 15.2 Å². The highest BCUT2D eigenvalue weighted by Crippen LogP contribution is 2.34. The molecule has 1 heterocycles. The quantitative estimate of drug-likeness (QED) is 0.918. The predicted octanol–water partition coefficient (Wildman–Crippen LogP) is 2.00. The summed E-state index contributed by atoms with van der Waals surface area (Å²) in [5.41, 5.74) is 7.51. The Morgan fingerprint density at radius 3 is 2.27 bits per heavy atom. The van der Waals surface area contributed by atoms with Crippen molar-refractivity contribution in [3.63, 3.8) is 0 Å². The van der Waals surface area contributed by atoms with Crippen LogP contribution in [0.5, 0.6) is 11.5 Å². The van der Waals surface area contributed by atoms with Crippen LogP contribution < -0.4 is 15.2 Å². The van der Waals surface area contributed by atoms with Gasteiger partial charge in [0.15, 0.2) is 11.5 Å². The van der Waals surface area contributed by atoms with Crippen LogP contribution in [0.25, 0.3) is 0 Å². The molecule has 0 spiro atoms. The minimum atomic E-state index is -0.520. The van der Waals surface area contributed by atoms with Gasteiger partial charge < -0.3 is 20.1 Å². The Labute approximate surface area is 138 Å². The lowest BCUT2D eigenvalue weighted by Gasteiger charge is -2.35. The van der Waals surface area contributed by atoms with Gasteiger partial charge in [-0.2, -0.15) is 0 Å². The van der Waals surface area contributed by atoms with Crippen LogP contribution >= 0.6 is 12.4 Å². The molecule has 0 saturated carbocycles. The summed E-state index contributed by atoms with van der Waals surface area (Å²) >= 11 is 0. The topological polar surface area (TPSA) is 64.8 Å². The summed E-state index contributed by atoms with van der Waals surface area (Å²) in [4.78, 5) is 14.4. The number of carbonyl (C=O) groups excluding carboxylic acids is 1. The fraction of sp³-hybridized carbons (Fsp3) is 0.562. The van der Waals surface area contributed by atoms with Crippen molar-refractivity contribution in [3.05, 3.63) is 23.3 Å². The molecule has 2 rings (SSSR count). The Bertz CT molecular complexity index is 546. The van der Waals surface area contributed by atoms with Gasteiger partial charge in [0.2, 0.25) is 5.91 Å². The largest absolute Gasteiger partial charge is 0.493 e. The summed E-state index contributed by atoms with van der Waals surface area (Å²) in [6, 6.07) is 3.97. The average Bonchev–Trinajstić information content (AvgIpc) is 2.51. The van der Waals surface area contributed by atoms with E-state index >= 15 is 0 Å². The number of nitrogens with zero attached hydrogens (tertiary/aromatic N) is 1. The van der Waals surface area contributed by atoms with E-state index in [9.17, 15) is 4.79 Å². The molecule has 0 unspecified atom stereocenters. The Hall–Kier alpha value is -1.46. The van der Waals surface area contributed by atoms with Crippen molar-refractivity contribution >= 4 is 18.3 Å². The Balaban J connectivity index is 0.00000242. The Morgan fingerprint density at radius 1 is 1.23 bits per heavy atom. The van der Waals surface area contributed by atoms with Crippen LogP contribution in [0.2, 0.25) is 0 Å². The van der Waals surface area contributed by atoms with E-state index in [1.165, 1.54) is 5.56 Å². The minimum absolute atomic E-state index is 0. The molecule has 0 bridgehead atoms. The lowest BCUT2D eigenvalue weighted by atomic mass is 9.90. The molecule has 0 atom stereocenters. The molecule has 5 nitrogen and oxygen atoms in total. The lowest BCUT2D eigenvalue weighted by molar-refractivity contribution is -0.140. The van der Waals surface area contributed by atoms with Gasteiger partial charge in [0, 0.05) is 19.6 Å². The first-order valence-corrected chi connectivity index (χ1v) is 7.16. The molecule has 2 N–H and O–H groups in total. The van der Waals surface area contributed by atoms with Gasteiger partial charge in [0.05, 0.1) is 19.6 Å². The van der Waals surface area contributed by atoms with Crippen molar-refractivity contribution in [2.24, 2.45) is 11.1 Å². The molecule has 0 aliphatic carbocycles. The predicted molar refractivity (Wildman–Crippen MR) is 88.8 cm³/mol. The highest BCUT2D eigenvalue weighted by molar-refractivity contribution is 5.85. The maximum Gasteiger partial charge on any atom is 0.229 e. The fourth-order valence-corrected chi connectivity index (χ4v) is 2.57. The van der Waals surface area contributed by atoms with Crippen molar-refractivity contribution in [1.29, 1.82) is 0 Å². The van der Waals surface area contributed by atoms with E-state index in [2.05, 4.69) is 0 Å².